The van der Waals surface area contributed by atoms with E-state index in [1.807, 2.05) is 36.2 Å². The first-order valence-corrected chi connectivity index (χ1v) is 9.18. The molecule has 0 amide bonds. The SMILES string of the molecule is CN=C(NCc1cccc(OCCOC)c1)N(C)Cc1ccc(OC(F)F)cc1.I. The summed E-state index contributed by atoms with van der Waals surface area (Å²) in [6, 6.07) is 14.4. The van der Waals surface area contributed by atoms with Crippen LogP contribution in [0.5, 0.6) is 11.5 Å². The van der Waals surface area contributed by atoms with Gasteiger partial charge in [-0.05, 0) is 35.4 Å². The number of hydrogen-bond acceptors (Lipinski definition) is 4. The van der Waals surface area contributed by atoms with E-state index >= 15 is 0 Å². The highest BCUT2D eigenvalue weighted by atomic mass is 127. The number of alkyl halides is 2. The van der Waals surface area contributed by atoms with Crippen LogP contribution in [0, 0.1) is 0 Å². The van der Waals surface area contributed by atoms with E-state index in [-0.39, 0.29) is 29.7 Å². The van der Waals surface area contributed by atoms with E-state index in [9.17, 15) is 8.78 Å². The van der Waals surface area contributed by atoms with Crippen LogP contribution in [-0.4, -0.2) is 51.9 Å². The van der Waals surface area contributed by atoms with Gasteiger partial charge in [-0.3, -0.25) is 4.99 Å². The lowest BCUT2D eigenvalue weighted by atomic mass is 10.2. The second-order valence-corrected chi connectivity index (χ2v) is 6.27. The molecule has 0 fully saturated rings. The maximum Gasteiger partial charge on any atom is 0.387 e. The molecule has 0 bridgehead atoms. The zero-order valence-corrected chi connectivity index (χ0v) is 19.6. The number of guanidine groups is 1. The summed E-state index contributed by atoms with van der Waals surface area (Å²) < 4.78 is 39.5. The smallest absolute Gasteiger partial charge is 0.387 e. The Morgan fingerprint density at radius 2 is 1.80 bits per heavy atom. The lowest BCUT2D eigenvalue weighted by molar-refractivity contribution is -0.0498. The Morgan fingerprint density at radius 1 is 1.07 bits per heavy atom. The van der Waals surface area contributed by atoms with Crippen molar-refractivity contribution in [3.05, 3.63) is 59.7 Å². The molecule has 0 atom stereocenters. The van der Waals surface area contributed by atoms with Gasteiger partial charge in [0.05, 0.1) is 6.61 Å². The first kappa shape index (κ1) is 25.9. The van der Waals surface area contributed by atoms with Crippen LogP contribution < -0.4 is 14.8 Å². The van der Waals surface area contributed by atoms with Crippen molar-refractivity contribution in [2.24, 2.45) is 4.99 Å². The lowest BCUT2D eigenvalue weighted by Crippen LogP contribution is -2.38. The first-order chi connectivity index (χ1) is 14.0. The van der Waals surface area contributed by atoms with E-state index in [0.29, 0.717) is 32.3 Å². The molecule has 30 heavy (non-hydrogen) atoms. The third-order valence-corrected chi connectivity index (χ3v) is 4.05. The Bertz CT molecular complexity index is 776. The van der Waals surface area contributed by atoms with Crippen molar-refractivity contribution in [3.63, 3.8) is 0 Å². The monoisotopic (exact) mass is 535 g/mol. The molecule has 9 heteroatoms. The second-order valence-electron chi connectivity index (χ2n) is 6.27. The van der Waals surface area contributed by atoms with E-state index in [2.05, 4.69) is 15.0 Å². The summed E-state index contributed by atoms with van der Waals surface area (Å²) in [5, 5.41) is 3.31. The van der Waals surface area contributed by atoms with Gasteiger partial charge in [0.2, 0.25) is 0 Å². The van der Waals surface area contributed by atoms with Crippen LogP contribution in [0.1, 0.15) is 11.1 Å². The van der Waals surface area contributed by atoms with Crippen LogP contribution in [-0.2, 0) is 17.8 Å². The zero-order chi connectivity index (χ0) is 21.1. The molecule has 0 aliphatic rings. The standard InChI is InChI=1S/C21H27F2N3O3.HI/c1-24-21(25-14-17-5-4-6-19(13-17)28-12-11-27-3)26(2)15-16-7-9-18(10-8-16)29-20(22)23;/h4-10,13,20H,11-12,14-15H2,1-3H3,(H,24,25);1H. The summed E-state index contributed by atoms with van der Waals surface area (Å²) in [5.74, 6) is 1.64. The zero-order valence-electron chi connectivity index (χ0n) is 17.3. The average molecular weight is 535 g/mol. The number of rotatable bonds is 10. The van der Waals surface area contributed by atoms with Gasteiger partial charge in [-0.2, -0.15) is 8.78 Å². The largest absolute Gasteiger partial charge is 0.491 e. The molecule has 0 aliphatic heterocycles. The van der Waals surface area contributed by atoms with Gasteiger partial charge in [-0.15, -0.1) is 24.0 Å². The molecule has 0 radical (unpaired) electrons. The van der Waals surface area contributed by atoms with Gasteiger partial charge in [0.1, 0.15) is 18.1 Å². The first-order valence-electron chi connectivity index (χ1n) is 9.18. The highest BCUT2D eigenvalue weighted by molar-refractivity contribution is 14.0. The summed E-state index contributed by atoms with van der Waals surface area (Å²) in [7, 11) is 5.25. The quantitative estimate of drug-likeness (QED) is 0.215. The fourth-order valence-corrected chi connectivity index (χ4v) is 2.68. The van der Waals surface area contributed by atoms with Crippen molar-refractivity contribution in [1.29, 1.82) is 0 Å². The number of nitrogens with one attached hydrogen (secondary N) is 1. The minimum absolute atomic E-state index is 0. The van der Waals surface area contributed by atoms with Gasteiger partial charge in [0, 0.05) is 34.3 Å². The number of methoxy groups -OCH3 is 1. The molecule has 0 aromatic heterocycles. The van der Waals surface area contributed by atoms with Crippen molar-refractivity contribution >= 4 is 29.9 Å². The van der Waals surface area contributed by atoms with Crippen LogP contribution in [0.25, 0.3) is 0 Å². The Kier molecular flexibility index (Phi) is 12.1. The topological polar surface area (TPSA) is 55.3 Å². The number of benzene rings is 2. The number of hydrogen-bond donors (Lipinski definition) is 1. The maximum atomic E-state index is 12.2. The normalized spacial score (nSPS) is 11.1. The molecule has 0 aliphatic carbocycles. The predicted octanol–water partition coefficient (Wildman–Crippen LogP) is 4.14. The van der Waals surface area contributed by atoms with Gasteiger partial charge >= 0.3 is 6.61 Å². The molecule has 6 nitrogen and oxygen atoms in total. The summed E-state index contributed by atoms with van der Waals surface area (Å²) in [5.41, 5.74) is 2.01. The highest BCUT2D eigenvalue weighted by Crippen LogP contribution is 2.16. The van der Waals surface area contributed by atoms with Gasteiger partial charge in [-0.1, -0.05) is 24.3 Å². The minimum Gasteiger partial charge on any atom is -0.491 e. The minimum atomic E-state index is -2.82. The average Bonchev–Trinajstić information content (AvgIpc) is 2.70. The summed E-state index contributed by atoms with van der Waals surface area (Å²) in [6.45, 7) is -0.641. The van der Waals surface area contributed by atoms with E-state index in [1.165, 1.54) is 12.1 Å². The van der Waals surface area contributed by atoms with Gasteiger partial charge < -0.3 is 24.4 Å². The Hall–Kier alpha value is -2.14. The fourth-order valence-electron chi connectivity index (χ4n) is 2.68. The Labute approximate surface area is 193 Å². The van der Waals surface area contributed by atoms with Crippen LogP contribution in [0.15, 0.2) is 53.5 Å². The van der Waals surface area contributed by atoms with E-state index < -0.39 is 6.61 Å². The molecule has 2 aromatic carbocycles. The maximum absolute atomic E-state index is 12.2. The lowest BCUT2D eigenvalue weighted by Gasteiger charge is -2.22. The van der Waals surface area contributed by atoms with Crippen LogP contribution in [0.3, 0.4) is 0 Å². The van der Waals surface area contributed by atoms with Gasteiger partial charge in [-0.25, -0.2) is 0 Å². The molecular formula is C21H28F2IN3O3. The van der Waals surface area contributed by atoms with Crippen LogP contribution in [0.2, 0.25) is 0 Å². The van der Waals surface area contributed by atoms with Gasteiger partial charge in [0.15, 0.2) is 5.96 Å². The van der Waals surface area contributed by atoms with E-state index in [1.54, 1.807) is 26.3 Å². The molecule has 0 heterocycles. The van der Waals surface area contributed by atoms with Crippen LogP contribution in [0.4, 0.5) is 8.78 Å². The van der Waals surface area contributed by atoms with E-state index in [4.69, 9.17) is 9.47 Å². The van der Waals surface area contributed by atoms with Gasteiger partial charge in [0.25, 0.3) is 0 Å². The molecule has 1 N–H and O–H groups in total. The van der Waals surface area contributed by atoms with Crippen molar-refractivity contribution in [3.8, 4) is 11.5 Å². The third-order valence-electron chi connectivity index (χ3n) is 4.05. The predicted molar refractivity (Wildman–Crippen MR) is 124 cm³/mol. The second kappa shape index (κ2) is 14.0. The van der Waals surface area contributed by atoms with Crippen molar-refractivity contribution < 1.29 is 23.0 Å². The molecule has 166 valence electrons. The number of nitrogens with zero attached hydrogens (tertiary/aromatic N) is 2. The summed E-state index contributed by atoms with van der Waals surface area (Å²) >= 11 is 0. The molecule has 0 saturated heterocycles. The summed E-state index contributed by atoms with van der Waals surface area (Å²) in [6.07, 6.45) is 0. The Balaban J connectivity index is 0.00000450. The van der Waals surface area contributed by atoms with E-state index in [0.717, 1.165) is 16.9 Å². The number of ether oxygens (including phenoxy) is 3. The Morgan fingerprint density at radius 3 is 2.43 bits per heavy atom. The molecule has 0 unspecified atom stereocenters. The molecular weight excluding hydrogens is 507 g/mol. The molecule has 0 saturated carbocycles. The number of halogens is 3. The van der Waals surface area contributed by atoms with Crippen molar-refractivity contribution in [2.75, 3.05) is 34.4 Å². The highest BCUT2D eigenvalue weighted by Gasteiger charge is 2.08. The van der Waals surface area contributed by atoms with Crippen molar-refractivity contribution in [1.82, 2.24) is 10.2 Å². The molecule has 2 aromatic rings. The number of aliphatic imine (C=N–C) groups is 1. The fraction of sp³-hybridized carbons (Fsp3) is 0.381. The van der Waals surface area contributed by atoms with Crippen molar-refractivity contribution in [2.45, 2.75) is 19.7 Å². The molecule has 2 rings (SSSR count). The molecule has 0 spiro atoms. The third kappa shape index (κ3) is 9.12. The summed E-state index contributed by atoms with van der Waals surface area (Å²) in [4.78, 5) is 6.25. The van der Waals surface area contributed by atoms with Crippen LogP contribution >= 0.6 is 24.0 Å².